The molecule has 0 bridgehead atoms. The van der Waals surface area contributed by atoms with Gasteiger partial charge in [0.15, 0.2) is 0 Å². The Morgan fingerprint density at radius 1 is 1.00 bits per heavy atom. The van der Waals surface area contributed by atoms with Gasteiger partial charge in [-0.25, -0.2) is 9.78 Å². The van der Waals surface area contributed by atoms with E-state index in [9.17, 15) is 14.4 Å². The molecular formula is C22H21N5O3. The molecule has 2 aromatic carbocycles. The van der Waals surface area contributed by atoms with E-state index in [-0.39, 0.29) is 23.5 Å². The third-order valence-corrected chi connectivity index (χ3v) is 4.56. The van der Waals surface area contributed by atoms with Crippen LogP contribution in [0.25, 0.3) is 11.4 Å². The number of anilines is 2. The van der Waals surface area contributed by atoms with E-state index in [1.54, 1.807) is 55.5 Å². The van der Waals surface area contributed by atoms with Gasteiger partial charge >= 0.3 is 6.03 Å². The molecule has 0 radical (unpaired) electrons. The number of amides is 3. The smallest absolute Gasteiger partial charge is 0.319 e. The fourth-order valence-corrected chi connectivity index (χ4v) is 2.98. The molecule has 30 heavy (non-hydrogen) atoms. The Bertz CT molecular complexity index is 1170. The molecule has 4 rings (SSSR count). The molecule has 1 heterocycles. The molecule has 1 saturated carbocycles. The van der Waals surface area contributed by atoms with Crippen LogP contribution < -0.4 is 21.5 Å². The lowest BCUT2D eigenvalue weighted by Crippen LogP contribution is -2.30. The molecule has 0 atom stereocenters. The second-order valence-corrected chi connectivity index (χ2v) is 7.22. The topological polar surface area (TPSA) is 116 Å². The number of urea groups is 1. The molecule has 0 unspecified atom stereocenters. The quantitative estimate of drug-likeness (QED) is 0.523. The average molecular weight is 403 g/mol. The van der Waals surface area contributed by atoms with E-state index in [4.69, 9.17) is 0 Å². The first kappa shape index (κ1) is 19.4. The highest BCUT2D eigenvalue weighted by Gasteiger charge is 2.23. The van der Waals surface area contributed by atoms with Crippen LogP contribution >= 0.6 is 0 Å². The van der Waals surface area contributed by atoms with Gasteiger partial charge in [0.05, 0.1) is 0 Å². The summed E-state index contributed by atoms with van der Waals surface area (Å²) in [6.07, 6.45) is 2.00. The number of benzene rings is 2. The Kier molecular flexibility index (Phi) is 5.30. The van der Waals surface area contributed by atoms with E-state index in [1.165, 1.54) is 6.07 Å². The Hall–Kier alpha value is -3.94. The van der Waals surface area contributed by atoms with Gasteiger partial charge in [0, 0.05) is 40.3 Å². The Balaban J connectivity index is 1.48. The summed E-state index contributed by atoms with van der Waals surface area (Å²) in [7, 11) is 0. The number of nitrogens with one attached hydrogen (secondary N) is 4. The normalized spacial score (nSPS) is 12.8. The van der Waals surface area contributed by atoms with Crippen molar-refractivity contribution >= 4 is 23.3 Å². The summed E-state index contributed by atoms with van der Waals surface area (Å²) in [5.74, 6) is 0.119. The summed E-state index contributed by atoms with van der Waals surface area (Å²) >= 11 is 0. The maximum Gasteiger partial charge on any atom is 0.319 e. The average Bonchev–Trinajstić information content (AvgIpc) is 3.51. The van der Waals surface area contributed by atoms with Crippen molar-refractivity contribution in [2.75, 3.05) is 10.6 Å². The molecule has 8 heteroatoms. The molecule has 3 amide bonds. The van der Waals surface area contributed by atoms with Gasteiger partial charge < -0.3 is 20.9 Å². The third-order valence-electron chi connectivity index (χ3n) is 4.56. The Morgan fingerprint density at radius 3 is 2.47 bits per heavy atom. The Morgan fingerprint density at radius 2 is 1.73 bits per heavy atom. The van der Waals surface area contributed by atoms with E-state index < -0.39 is 0 Å². The SMILES string of the molecule is Cc1cc(=O)[nH]c(-c2cccc(NC(=O)c3cccc(NC(=O)NC4CC4)c3)c2)n1. The number of rotatable bonds is 5. The van der Waals surface area contributed by atoms with Crippen molar-refractivity contribution in [1.29, 1.82) is 0 Å². The second kappa shape index (κ2) is 8.20. The standard InChI is InChI=1S/C22H21N5O3/c1-13-10-19(28)27-20(23-13)14-4-2-6-17(11-14)24-21(29)15-5-3-7-18(12-15)26-22(30)25-16-8-9-16/h2-7,10-12,16H,8-9H2,1H3,(H,24,29)(H,23,27,28)(H2,25,26,30). The molecule has 0 saturated heterocycles. The zero-order valence-corrected chi connectivity index (χ0v) is 16.4. The number of H-pyrrole nitrogens is 1. The van der Waals surface area contributed by atoms with E-state index in [0.717, 1.165) is 12.8 Å². The molecule has 4 N–H and O–H groups in total. The number of hydrogen-bond acceptors (Lipinski definition) is 4. The molecule has 1 aromatic heterocycles. The molecule has 3 aromatic rings. The molecule has 1 aliphatic rings. The number of aromatic nitrogens is 2. The number of aryl methyl sites for hydroxylation is 1. The van der Waals surface area contributed by atoms with Gasteiger partial charge in [0.1, 0.15) is 5.82 Å². The molecule has 0 spiro atoms. The first-order valence-electron chi connectivity index (χ1n) is 9.63. The van der Waals surface area contributed by atoms with Crippen molar-refractivity contribution < 1.29 is 9.59 Å². The van der Waals surface area contributed by atoms with Crippen LogP contribution in [-0.2, 0) is 0 Å². The minimum atomic E-state index is -0.316. The zero-order chi connectivity index (χ0) is 21.1. The van der Waals surface area contributed by atoms with Gasteiger partial charge in [0.25, 0.3) is 11.5 Å². The molecule has 1 fully saturated rings. The molecule has 1 aliphatic carbocycles. The lowest BCUT2D eigenvalue weighted by Gasteiger charge is -2.10. The maximum absolute atomic E-state index is 12.7. The minimum absolute atomic E-state index is 0.234. The monoisotopic (exact) mass is 403 g/mol. The first-order chi connectivity index (χ1) is 14.5. The molecule has 8 nitrogen and oxygen atoms in total. The van der Waals surface area contributed by atoms with E-state index in [0.29, 0.717) is 34.0 Å². The van der Waals surface area contributed by atoms with Crippen molar-refractivity contribution in [2.24, 2.45) is 0 Å². The number of carbonyl (C=O) groups is 2. The van der Waals surface area contributed by atoms with Crippen molar-refractivity contribution in [3.8, 4) is 11.4 Å². The lowest BCUT2D eigenvalue weighted by molar-refractivity contribution is 0.102. The number of aromatic amines is 1. The summed E-state index contributed by atoms with van der Waals surface area (Å²) in [5.41, 5.74) is 2.57. The predicted octanol–water partition coefficient (Wildman–Crippen LogP) is 3.28. The van der Waals surface area contributed by atoms with Crippen LogP contribution in [0.4, 0.5) is 16.2 Å². The van der Waals surface area contributed by atoms with Crippen molar-refractivity contribution in [2.45, 2.75) is 25.8 Å². The van der Waals surface area contributed by atoms with Gasteiger partial charge in [-0.1, -0.05) is 18.2 Å². The van der Waals surface area contributed by atoms with Gasteiger partial charge in [-0.2, -0.15) is 0 Å². The fraction of sp³-hybridized carbons (Fsp3) is 0.182. The van der Waals surface area contributed by atoms with Gasteiger partial charge in [-0.05, 0) is 50.1 Å². The van der Waals surface area contributed by atoms with E-state index in [1.807, 2.05) is 0 Å². The van der Waals surface area contributed by atoms with Crippen LogP contribution in [0.5, 0.6) is 0 Å². The van der Waals surface area contributed by atoms with Crippen LogP contribution in [0.3, 0.4) is 0 Å². The summed E-state index contributed by atoms with van der Waals surface area (Å²) in [6.45, 7) is 1.75. The van der Waals surface area contributed by atoms with Crippen molar-refractivity contribution in [1.82, 2.24) is 15.3 Å². The highest BCUT2D eigenvalue weighted by atomic mass is 16.2. The van der Waals surface area contributed by atoms with E-state index >= 15 is 0 Å². The minimum Gasteiger partial charge on any atom is -0.335 e. The maximum atomic E-state index is 12.7. The van der Waals surface area contributed by atoms with Crippen molar-refractivity contribution in [3.05, 3.63) is 76.2 Å². The van der Waals surface area contributed by atoms with Crippen LogP contribution in [0.15, 0.2) is 59.4 Å². The summed E-state index contributed by atoms with van der Waals surface area (Å²) in [4.78, 5) is 43.3. The predicted molar refractivity (Wildman–Crippen MR) is 115 cm³/mol. The zero-order valence-electron chi connectivity index (χ0n) is 16.4. The Labute approximate surface area is 172 Å². The number of nitrogens with zero attached hydrogens (tertiary/aromatic N) is 1. The third kappa shape index (κ3) is 4.91. The van der Waals surface area contributed by atoms with Gasteiger partial charge in [-0.15, -0.1) is 0 Å². The number of carbonyl (C=O) groups excluding carboxylic acids is 2. The van der Waals surface area contributed by atoms with E-state index in [2.05, 4.69) is 25.9 Å². The second-order valence-electron chi connectivity index (χ2n) is 7.22. The summed E-state index contributed by atoms with van der Waals surface area (Å²) in [6, 6.07) is 15.2. The van der Waals surface area contributed by atoms with Crippen LogP contribution in [0, 0.1) is 6.92 Å². The molecule has 152 valence electrons. The van der Waals surface area contributed by atoms with Crippen LogP contribution in [0.2, 0.25) is 0 Å². The molecular weight excluding hydrogens is 382 g/mol. The summed E-state index contributed by atoms with van der Waals surface area (Å²) < 4.78 is 0. The van der Waals surface area contributed by atoms with Gasteiger partial charge in [-0.3, -0.25) is 9.59 Å². The van der Waals surface area contributed by atoms with Gasteiger partial charge in [0.2, 0.25) is 0 Å². The van der Waals surface area contributed by atoms with Crippen molar-refractivity contribution in [3.63, 3.8) is 0 Å². The number of hydrogen-bond donors (Lipinski definition) is 4. The summed E-state index contributed by atoms with van der Waals surface area (Å²) in [5, 5.41) is 8.41. The lowest BCUT2D eigenvalue weighted by atomic mass is 10.1. The fourth-order valence-electron chi connectivity index (χ4n) is 2.98. The first-order valence-corrected chi connectivity index (χ1v) is 9.63. The highest BCUT2D eigenvalue weighted by Crippen LogP contribution is 2.21. The molecule has 0 aliphatic heterocycles. The largest absolute Gasteiger partial charge is 0.335 e. The van der Waals surface area contributed by atoms with Crippen LogP contribution in [-0.4, -0.2) is 27.9 Å². The van der Waals surface area contributed by atoms with Crippen LogP contribution in [0.1, 0.15) is 28.9 Å². The highest BCUT2D eigenvalue weighted by molar-refractivity contribution is 6.05.